The number of aryl methyl sites for hydroxylation is 1. The lowest BCUT2D eigenvalue weighted by molar-refractivity contribution is 0.0735. The Balaban J connectivity index is 1.59. The number of carbonyl (C=O) groups is 1. The van der Waals surface area contributed by atoms with Crippen molar-refractivity contribution in [1.82, 2.24) is 15.1 Å². The second-order valence-corrected chi connectivity index (χ2v) is 7.06. The monoisotopic (exact) mass is 333 g/mol. The highest BCUT2D eigenvalue weighted by molar-refractivity contribution is 5.95. The van der Waals surface area contributed by atoms with E-state index in [9.17, 15) is 4.79 Å². The highest BCUT2D eigenvalue weighted by Crippen LogP contribution is 2.27. The number of benzene rings is 2. The highest BCUT2D eigenvalue weighted by atomic mass is 16.2. The van der Waals surface area contributed by atoms with Gasteiger partial charge in [0.05, 0.1) is 11.7 Å². The molecule has 2 aromatic carbocycles. The van der Waals surface area contributed by atoms with Gasteiger partial charge in [-0.25, -0.2) is 0 Å². The van der Waals surface area contributed by atoms with E-state index in [1.54, 1.807) is 0 Å². The van der Waals surface area contributed by atoms with Gasteiger partial charge in [0.15, 0.2) is 0 Å². The SMILES string of the molecule is Cc1cc(-c2ccc(C(=O)N(C)C3CCCC3)cc2)cc2cn[nH]c12. The van der Waals surface area contributed by atoms with Crippen molar-refractivity contribution in [3.63, 3.8) is 0 Å². The van der Waals surface area contributed by atoms with Gasteiger partial charge in [-0.1, -0.05) is 25.0 Å². The molecular formula is C21H23N3O. The van der Waals surface area contributed by atoms with Gasteiger partial charge in [-0.2, -0.15) is 5.10 Å². The fraction of sp³-hybridized carbons (Fsp3) is 0.333. The zero-order valence-electron chi connectivity index (χ0n) is 14.7. The first kappa shape index (κ1) is 15.9. The van der Waals surface area contributed by atoms with Gasteiger partial charge in [0.1, 0.15) is 0 Å². The Bertz CT molecular complexity index is 905. The third-order valence-corrected chi connectivity index (χ3v) is 5.40. The molecule has 4 nitrogen and oxygen atoms in total. The van der Waals surface area contributed by atoms with Crippen LogP contribution in [-0.2, 0) is 0 Å². The molecule has 0 spiro atoms. The zero-order valence-corrected chi connectivity index (χ0v) is 14.7. The average Bonchev–Trinajstić information content (AvgIpc) is 3.32. The standard InChI is InChI=1S/C21H23N3O/c1-14-11-17(12-18-13-22-23-20(14)18)15-7-9-16(10-8-15)21(25)24(2)19-5-3-4-6-19/h7-13,19H,3-6H2,1-2H3,(H,22,23). The second kappa shape index (κ2) is 6.36. The van der Waals surface area contributed by atoms with E-state index in [1.807, 2.05) is 42.4 Å². The summed E-state index contributed by atoms with van der Waals surface area (Å²) in [7, 11) is 1.93. The maximum atomic E-state index is 12.7. The van der Waals surface area contributed by atoms with Crippen LogP contribution in [0.4, 0.5) is 0 Å². The summed E-state index contributed by atoms with van der Waals surface area (Å²) in [5.74, 6) is 0.125. The number of hydrogen-bond acceptors (Lipinski definition) is 2. The normalized spacial score (nSPS) is 15.0. The van der Waals surface area contributed by atoms with Gasteiger partial charge < -0.3 is 4.90 Å². The second-order valence-electron chi connectivity index (χ2n) is 7.06. The van der Waals surface area contributed by atoms with E-state index in [0.717, 1.165) is 40.4 Å². The van der Waals surface area contributed by atoms with Gasteiger partial charge in [0.25, 0.3) is 5.91 Å². The molecule has 25 heavy (non-hydrogen) atoms. The first-order chi connectivity index (χ1) is 12.1. The molecule has 0 aliphatic heterocycles. The Labute approximate surface area is 147 Å². The van der Waals surface area contributed by atoms with Crippen LogP contribution < -0.4 is 0 Å². The molecule has 4 rings (SSSR count). The van der Waals surface area contributed by atoms with Gasteiger partial charge >= 0.3 is 0 Å². The van der Waals surface area contributed by atoms with Crippen molar-refractivity contribution < 1.29 is 4.79 Å². The predicted molar refractivity (Wildman–Crippen MR) is 101 cm³/mol. The lowest BCUT2D eigenvalue weighted by Crippen LogP contribution is -2.35. The lowest BCUT2D eigenvalue weighted by atomic mass is 9.99. The van der Waals surface area contributed by atoms with Crippen LogP contribution in [-0.4, -0.2) is 34.1 Å². The van der Waals surface area contributed by atoms with Crippen molar-refractivity contribution in [2.24, 2.45) is 0 Å². The number of nitrogens with one attached hydrogen (secondary N) is 1. The molecule has 1 aromatic heterocycles. The van der Waals surface area contributed by atoms with Gasteiger partial charge in [0.2, 0.25) is 0 Å². The molecule has 1 aliphatic carbocycles. The third kappa shape index (κ3) is 2.93. The Morgan fingerprint density at radius 1 is 1.12 bits per heavy atom. The zero-order chi connectivity index (χ0) is 17.4. The first-order valence-electron chi connectivity index (χ1n) is 8.95. The van der Waals surface area contributed by atoms with Crippen LogP contribution in [0.2, 0.25) is 0 Å². The van der Waals surface area contributed by atoms with Crippen molar-refractivity contribution in [3.05, 3.63) is 53.7 Å². The van der Waals surface area contributed by atoms with Gasteiger partial charge in [-0.15, -0.1) is 0 Å². The van der Waals surface area contributed by atoms with E-state index in [1.165, 1.54) is 18.4 Å². The van der Waals surface area contributed by atoms with Crippen LogP contribution in [0.3, 0.4) is 0 Å². The molecule has 1 aliphatic rings. The number of H-pyrrole nitrogens is 1. The van der Waals surface area contributed by atoms with Crippen molar-refractivity contribution in [2.75, 3.05) is 7.05 Å². The molecule has 1 fully saturated rings. The number of nitrogens with zero attached hydrogens (tertiary/aromatic N) is 2. The van der Waals surface area contributed by atoms with Crippen LogP contribution in [0.5, 0.6) is 0 Å². The summed E-state index contributed by atoms with van der Waals surface area (Å²) in [6.45, 7) is 2.08. The summed E-state index contributed by atoms with van der Waals surface area (Å²) in [5, 5.41) is 8.25. The fourth-order valence-electron chi connectivity index (χ4n) is 3.87. The van der Waals surface area contributed by atoms with Crippen molar-refractivity contribution in [2.45, 2.75) is 38.6 Å². The Hall–Kier alpha value is -2.62. The Kier molecular flexibility index (Phi) is 4.04. The van der Waals surface area contributed by atoms with Crippen LogP contribution >= 0.6 is 0 Å². The number of carbonyl (C=O) groups excluding carboxylic acids is 1. The molecule has 1 saturated carbocycles. The molecule has 1 N–H and O–H groups in total. The quantitative estimate of drug-likeness (QED) is 0.764. The van der Waals surface area contributed by atoms with E-state index in [0.29, 0.717) is 6.04 Å². The largest absolute Gasteiger partial charge is 0.339 e. The highest BCUT2D eigenvalue weighted by Gasteiger charge is 2.24. The van der Waals surface area contributed by atoms with Crippen molar-refractivity contribution in [3.8, 4) is 11.1 Å². The Morgan fingerprint density at radius 3 is 2.56 bits per heavy atom. The number of hydrogen-bond donors (Lipinski definition) is 1. The van der Waals surface area contributed by atoms with Gasteiger partial charge in [0, 0.05) is 24.0 Å². The van der Waals surface area contributed by atoms with Crippen LogP contribution in [0.1, 0.15) is 41.6 Å². The van der Waals surface area contributed by atoms with E-state index in [-0.39, 0.29) is 5.91 Å². The number of amides is 1. The topological polar surface area (TPSA) is 49.0 Å². The first-order valence-corrected chi connectivity index (χ1v) is 8.95. The number of fused-ring (bicyclic) bond motifs is 1. The van der Waals surface area contributed by atoms with Crippen molar-refractivity contribution in [1.29, 1.82) is 0 Å². The minimum Gasteiger partial charge on any atom is -0.339 e. The van der Waals surface area contributed by atoms with E-state index < -0.39 is 0 Å². The van der Waals surface area contributed by atoms with E-state index >= 15 is 0 Å². The molecule has 1 heterocycles. The summed E-state index contributed by atoms with van der Waals surface area (Å²) in [6, 6.07) is 12.6. The molecule has 0 saturated heterocycles. The Morgan fingerprint density at radius 2 is 1.84 bits per heavy atom. The van der Waals surface area contributed by atoms with Gasteiger partial charge in [-0.3, -0.25) is 9.89 Å². The van der Waals surface area contributed by atoms with Gasteiger partial charge in [-0.05, 0) is 60.7 Å². The number of rotatable bonds is 3. The summed E-state index contributed by atoms with van der Waals surface area (Å²) < 4.78 is 0. The minimum absolute atomic E-state index is 0.125. The molecule has 1 amide bonds. The summed E-state index contributed by atoms with van der Waals surface area (Å²) >= 11 is 0. The summed E-state index contributed by atoms with van der Waals surface area (Å²) in [4.78, 5) is 14.6. The lowest BCUT2D eigenvalue weighted by Gasteiger charge is -2.24. The maximum Gasteiger partial charge on any atom is 0.253 e. The fourth-order valence-corrected chi connectivity index (χ4v) is 3.87. The third-order valence-electron chi connectivity index (χ3n) is 5.40. The van der Waals surface area contributed by atoms with E-state index in [4.69, 9.17) is 0 Å². The molecule has 4 heteroatoms. The summed E-state index contributed by atoms with van der Waals surface area (Å²) in [5.41, 5.74) is 5.28. The average molecular weight is 333 g/mol. The molecule has 0 radical (unpaired) electrons. The van der Waals surface area contributed by atoms with Crippen LogP contribution in [0, 0.1) is 6.92 Å². The predicted octanol–water partition coefficient (Wildman–Crippen LogP) is 4.55. The van der Waals surface area contributed by atoms with Crippen molar-refractivity contribution >= 4 is 16.8 Å². The minimum atomic E-state index is 0.125. The molecular weight excluding hydrogens is 310 g/mol. The molecule has 0 unspecified atom stereocenters. The van der Waals surface area contributed by atoms with Crippen LogP contribution in [0.25, 0.3) is 22.0 Å². The van der Waals surface area contributed by atoms with E-state index in [2.05, 4.69) is 29.3 Å². The smallest absolute Gasteiger partial charge is 0.253 e. The number of aromatic nitrogens is 2. The molecule has 0 atom stereocenters. The molecule has 3 aromatic rings. The molecule has 128 valence electrons. The molecule has 0 bridgehead atoms. The summed E-state index contributed by atoms with van der Waals surface area (Å²) in [6.07, 6.45) is 6.57. The maximum absolute atomic E-state index is 12.7. The number of aromatic amines is 1. The van der Waals surface area contributed by atoms with Crippen LogP contribution in [0.15, 0.2) is 42.6 Å².